The number of amides is 1. The molecule has 1 N–H and O–H groups in total. The van der Waals surface area contributed by atoms with Crippen molar-refractivity contribution in [2.24, 2.45) is 0 Å². The lowest BCUT2D eigenvalue weighted by Gasteiger charge is -2.32. The van der Waals surface area contributed by atoms with Crippen LogP contribution in [0.4, 0.5) is 0 Å². The number of hydrogen-bond donors (Lipinski definition) is 1. The summed E-state index contributed by atoms with van der Waals surface area (Å²) in [5, 5.41) is 3.45. The van der Waals surface area contributed by atoms with Gasteiger partial charge in [0.05, 0.1) is 6.04 Å². The van der Waals surface area contributed by atoms with Crippen molar-refractivity contribution in [2.75, 3.05) is 13.1 Å². The number of nitrogens with zero attached hydrogens (tertiary/aromatic N) is 1. The molecule has 0 radical (unpaired) electrons. The van der Waals surface area contributed by atoms with Gasteiger partial charge in [0.2, 0.25) is 5.91 Å². The van der Waals surface area contributed by atoms with Gasteiger partial charge < -0.3 is 10.2 Å². The fraction of sp³-hybridized carbons (Fsp3) is 0.769. The van der Waals surface area contributed by atoms with E-state index in [9.17, 15) is 4.79 Å². The molecule has 1 atom stereocenters. The van der Waals surface area contributed by atoms with Crippen molar-refractivity contribution in [3.8, 4) is 0 Å². The monoisotopic (exact) mass is 222 g/mol. The molecule has 2 aliphatic rings. The van der Waals surface area contributed by atoms with Crippen LogP contribution in [0.2, 0.25) is 0 Å². The van der Waals surface area contributed by atoms with Crippen molar-refractivity contribution in [2.45, 2.75) is 51.6 Å². The molecule has 1 amide bonds. The van der Waals surface area contributed by atoms with Gasteiger partial charge in [-0.3, -0.25) is 4.79 Å². The minimum Gasteiger partial charge on any atom is -0.338 e. The van der Waals surface area contributed by atoms with Crippen molar-refractivity contribution in [1.29, 1.82) is 0 Å². The second-order valence-electron chi connectivity index (χ2n) is 5.20. The van der Waals surface area contributed by atoms with Gasteiger partial charge in [-0.25, -0.2) is 0 Å². The Labute approximate surface area is 97.9 Å². The third kappa shape index (κ3) is 3.08. The number of rotatable bonds is 4. The zero-order chi connectivity index (χ0) is 11.5. The predicted molar refractivity (Wildman–Crippen MR) is 65.2 cm³/mol. The summed E-state index contributed by atoms with van der Waals surface area (Å²) < 4.78 is 0. The van der Waals surface area contributed by atoms with Crippen LogP contribution in [0.25, 0.3) is 0 Å². The molecule has 1 heterocycles. The lowest BCUT2D eigenvalue weighted by Crippen LogP contribution is -2.51. The molecular weight excluding hydrogens is 200 g/mol. The highest BCUT2D eigenvalue weighted by atomic mass is 16.2. The molecule has 3 heteroatoms. The van der Waals surface area contributed by atoms with Crippen LogP contribution in [0.1, 0.15) is 39.5 Å². The Kier molecular flexibility index (Phi) is 3.64. The Morgan fingerprint density at radius 2 is 2.19 bits per heavy atom. The Morgan fingerprint density at radius 3 is 2.81 bits per heavy atom. The fourth-order valence-corrected chi connectivity index (χ4v) is 2.10. The van der Waals surface area contributed by atoms with Crippen molar-refractivity contribution in [3.05, 3.63) is 11.6 Å². The molecule has 1 aliphatic carbocycles. The molecule has 1 saturated heterocycles. The molecule has 1 aliphatic heterocycles. The van der Waals surface area contributed by atoms with Crippen molar-refractivity contribution >= 4 is 5.91 Å². The molecule has 16 heavy (non-hydrogen) atoms. The molecule has 0 aromatic heterocycles. The van der Waals surface area contributed by atoms with Gasteiger partial charge in [0.1, 0.15) is 0 Å². The first-order chi connectivity index (χ1) is 7.66. The number of carbonyl (C=O) groups excluding carboxylic acids is 1. The van der Waals surface area contributed by atoms with Crippen molar-refractivity contribution in [3.63, 3.8) is 0 Å². The van der Waals surface area contributed by atoms with Gasteiger partial charge in [0.25, 0.3) is 0 Å². The van der Waals surface area contributed by atoms with Crippen molar-refractivity contribution in [1.82, 2.24) is 10.2 Å². The van der Waals surface area contributed by atoms with Gasteiger partial charge in [-0.15, -0.1) is 0 Å². The maximum absolute atomic E-state index is 12.1. The molecule has 90 valence electrons. The first-order valence-corrected chi connectivity index (χ1v) is 6.35. The van der Waals surface area contributed by atoms with Crippen LogP contribution in [0.3, 0.4) is 0 Å². The summed E-state index contributed by atoms with van der Waals surface area (Å²) in [4.78, 5) is 14.1. The number of carbonyl (C=O) groups is 1. The second-order valence-corrected chi connectivity index (χ2v) is 5.20. The lowest BCUT2D eigenvalue weighted by molar-refractivity contribution is -0.135. The van der Waals surface area contributed by atoms with Gasteiger partial charge in [0, 0.05) is 19.1 Å². The average Bonchev–Trinajstić information content (AvgIpc) is 3.03. The van der Waals surface area contributed by atoms with Gasteiger partial charge in [-0.1, -0.05) is 11.6 Å². The highest BCUT2D eigenvalue weighted by molar-refractivity contribution is 5.82. The molecule has 1 unspecified atom stereocenters. The molecule has 1 saturated carbocycles. The van der Waals surface area contributed by atoms with Crippen LogP contribution in [0.5, 0.6) is 0 Å². The number of nitrogens with one attached hydrogen (secondary N) is 1. The Balaban J connectivity index is 1.87. The van der Waals surface area contributed by atoms with Crippen LogP contribution in [-0.4, -0.2) is 36.0 Å². The Bertz CT molecular complexity index is 290. The number of likely N-dealkylation sites (tertiary alicyclic amines) is 1. The number of piperidine rings is 1. The summed E-state index contributed by atoms with van der Waals surface area (Å²) >= 11 is 0. The van der Waals surface area contributed by atoms with Gasteiger partial charge in [-0.05, 0) is 39.5 Å². The summed E-state index contributed by atoms with van der Waals surface area (Å²) in [6, 6.07) is 0.712. The zero-order valence-corrected chi connectivity index (χ0v) is 10.3. The fourth-order valence-electron chi connectivity index (χ4n) is 2.10. The third-order valence-corrected chi connectivity index (χ3v) is 3.26. The van der Waals surface area contributed by atoms with E-state index in [2.05, 4.69) is 25.2 Å². The first kappa shape index (κ1) is 11.6. The zero-order valence-electron chi connectivity index (χ0n) is 10.3. The van der Waals surface area contributed by atoms with E-state index in [1.807, 2.05) is 4.90 Å². The number of allylic oxidation sites excluding steroid dienone is 1. The van der Waals surface area contributed by atoms with E-state index in [-0.39, 0.29) is 6.04 Å². The van der Waals surface area contributed by atoms with E-state index in [0.717, 1.165) is 25.9 Å². The van der Waals surface area contributed by atoms with Crippen LogP contribution < -0.4 is 5.32 Å². The van der Waals surface area contributed by atoms with E-state index < -0.39 is 0 Å². The summed E-state index contributed by atoms with van der Waals surface area (Å²) in [7, 11) is 0. The minimum atomic E-state index is 0.0896. The number of hydrogen-bond acceptors (Lipinski definition) is 2. The second kappa shape index (κ2) is 5.00. The largest absolute Gasteiger partial charge is 0.338 e. The van der Waals surface area contributed by atoms with E-state index >= 15 is 0 Å². The molecule has 2 rings (SSSR count). The van der Waals surface area contributed by atoms with E-state index in [4.69, 9.17) is 0 Å². The average molecular weight is 222 g/mol. The molecule has 0 spiro atoms. The molecule has 0 aromatic rings. The smallest absolute Gasteiger partial charge is 0.239 e. The van der Waals surface area contributed by atoms with Crippen LogP contribution in [0.15, 0.2) is 11.6 Å². The summed E-state index contributed by atoms with van der Waals surface area (Å²) in [5.41, 5.74) is 1.28. The van der Waals surface area contributed by atoms with Gasteiger partial charge in [0.15, 0.2) is 0 Å². The Morgan fingerprint density at radius 1 is 1.44 bits per heavy atom. The molecule has 2 fully saturated rings. The highest BCUT2D eigenvalue weighted by Crippen LogP contribution is 2.22. The molecule has 0 bridgehead atoms. The maximum Gasteiger partial charge on any atom is 0.239 e. The molecule has 0 aromatic carbocycles. The summed E-state index contributed by atoms with van der Waals surface area (Å²) in [6.45, 7) is 5.86. The lowest BCUT2D eigenvalue weighted by atomic mass is 10.0. The highest BCUT2D eigenvalue weighted by Gasteiger charge is 2.32. The quantitative estimate of drug-likeness (QED) is 0.734. The van der Waals surface area contributed by atoms with E-state index in [0.29, 0.717) is 11.9 Å². The molecular formula is C13H22N2O. The molecule has 3 nitrogen and oxygen atoms in total. The Hall–Kier alpha value is -0.830. The SMILES string of the molecule is CC(C)=CCN1CCCC(NC2CC2)C1=O. The standard InChI is InChI=1S/C13H22N2O/c1-10(2)7-9-15-8-3-4-12(13(15)16)14-11-5-6-11/h7,11-12,14H,3-6,8-9H2,1-2H3. The van der Waals surface area contributed by atoms with Crippen LogP contribution in [0, 0.1) is 0 Å². The van der Waals surface area contributed by atoms with E-state index in [1.54, 1.807) is 0 Å². The first-order valence-electron chi connectivity index (χ1n) is 6.35. The summed E-state index contributed by atoms with van der Waals surface area (Å²) in [5.74, 6) is 0.302. The maximum atomic E-state index is 12.1. The van der Waals surface area contributed by atoms with Gasteiger partial charge in [-0.2, -0.15) is 0 Å². The third-order valence-electron chi connectivity index (χ3n) is 3.26. The van der Waals surface area contributed by atoms with Crippen LogP contribution in [-0.2, 0) is 4.79 Å². The van der Waals surface area contributed by atoms with E-state index in [1.165, 1.54) is 18.4 Å². The predicted octanol–water partition coefficient (Wildman–Crippen LogP) is 1.70. The topological polar surface area (TPSA) is 32.3 Å². The summed E-state index contributed by atoms with van der Waals surface area (Å²) in [6.07, 6.45) is 6.78. The van der Waals surface area contributed by atoms with Gasteiger partial charge >= 0.3 is 0 Å². The minimum absolute atomic E-state index is 0.0896. The van der Waals surface area contributed by atoms with Crippen molar-refractivity contribution < 1.29 is 4.79 Å². The normalized spacial score (nSPS) is 25.8. The van der Waals surface area contributed by atoms with Crippen LogP contribution >= 0.6 is 0 Å².